The molecule has 0 amide bonds. The number of nitrogens with zero attached hydrogens (tertiary/aromatic N) is 2. The van der Waals surface area contributed by atoms with E-state index in [9.17, 15) is 4.79 Å². The standard InChI is InChI=1S/C7H7ClN2O2/c1-2-12-7(11)6-5(8)3-9-4-10-6/h3-4H,2H2,1H3. The van der Waals surface area contributed by atoms with Crippen molar-refractivity contribution in [3.8, 4) is 0 Å². The van der Waals surface area contributed by atoms with E-state index >= 15 is 0 Å². The maximum absolute atomic E-state index is 11.1. The van der Waals surface area contributed by atoms with Gasteiger partial charge in [0.2, 0.25) is 0 Å². The fourth-order valence-electron chi connectivity index (χ4n) is 0.662. The number of hydrogen-bond donors (Lipinski definition) is 0. The van der Waals surface area contributed by atoms with Gasteiger partial charge < -0.3 is 4.74 Å². The summed E-state index contributed by atoms with van der Waals surface area (Å²) in [6.07, 6.45) is 2.60. The third kappa shape index (κ3) is 1.92. The van der Waals surface area contributed by atoms with Gasteiger partial charge in [-0.25, -0.2) is 14.8 Å². The van der Waals surface area contributed by atoms with Crippen molar-refractivity contribution in [3.63, 3.8) is 0 Å². The molecular weight excluding hydrogens is 180 g/mol. The summed E-state index contributed by atoms with van der Waals surface area (Å²) >= 11 is 5.63. The largest absolute Gasteiger partial charge is 0.461 e. The molecule has 1 aromatic heterocycles. The van der Waals surface area contributed by atoms with E-state index in [0.717, 1.165) is 0 Å². The molecule has 0 aliphatic rings. The maximum atomic E-state index is 11.1. The first kappa shape index (κ1) is 8.93. The first-order valence-corrected chi connectivity index (χ1v) is 3.76. The van der Waals surface area contributed by atoms with Gasteiger partial charge in [-0.05, 0) is 6.92 Å². The Hall–Kier alpha value is -1.16. The molecular formula is C7H7ClN2O2. The minimum atomic E-state index is -0.523. The number of ether oxygens (including phenoxy) is 1. The van der Waals surface area contributed by atoms with Gasteiger partial charge >= 0.3 is 5.97 Å². The molecule has 0 aliphatic heterocycles. The van der Waals surface area contributed by atoms with Crippen LogP contribution in [0, 0.1) is 0 Å². The van der Waals surface area contributed by atoms with Crippen LogP contribution in [0.5, 0.6) is 0 Å². The minimum absolute atomic E-state index is 0.105. The van der Waals surface area contributed by atoms with Gasteiger partial charge in [-0.15, -0.1) is 0 Å². The van der Waals surface area contributed by atoms with Crippen molar-refractivity contribution in [2.75, 3.05) is 6.61 Å². The molecule has 0 aromatic carbocycles. The van der Waals surface area contributed by atoms with Gasteiger partial charge in [-0.1, -0.05) is 11.6 Å². The van der Waals surface area contributed by atoms with Crippen LogP contribution in [0.2, 0.25) is 5.02 Å². The Morgan fingerprint density at radius 1 is 1.75 bits per heavy atom. The Labute approximate surface area is 74.5 Å². The van der Waals surface area contributed by atoms with Crippen molar-refractivity contribution in [1.82, 2.24) is 9.97 Å². The second-order valence-corrected chi connectivity index (χ2v) is 2.35. The molecule has 1 aromatic rings. The Kier molecular flexibility index (Phi) is 2.99. The van der Waals surface area contributed by atoms with Gasteiger partial charge in [0, 0.05) is 6.20 Å². The zero-order chi connectivity index (χ0) is 8.97. The molecule has 0 fully saturated rings. The van der Waals surface area contributed by atoms with Crippen LogP contribution in [0.4, 0.5) is 0 Å². The summed E-state index contributed by atoms with van der Waals surface area (Å²) < 4.78 is 4.70. The SMILES string of the molecule is CCOC(=O)c1ncncc1Cl. The first-order valence-electron chi connectivity index (χ1n) is 3.38. The Morgan fingerprint density at radius 2 is 2.50 bits per heavy atom. The van der Waals surface area contributed by atoms with Gasteiger partial charge in [0.1, 0.15) is 6.33 Å². The predicted octanol–water partition coefficient (Wildman–Crippen LogP) is 1.31. The van der Waals surface area contributed by atoms with Gasteiger partial charge in [-0.2, -0.15) is 0 Å². The van der Waals surface area contributed by atoms with Crippen molar-refractivity contribution in [2.24, 2.45) is 0 Å². The van der Waals surface area contributed by atoms with E-state index in [-0.39, 0.29) is 10.7 Å². The number of carbonyl (C=O) groups excluding carboxylic acids is 1. The summed E-state index contributed by atoms with van der Waals surface area (Å²) in [6, 6.07) is 0. The predicted molar refractivity (Wildman–Crippen MR) is 43.0 cm³/mol. The van der Waals surface area contributed by atoms with Crippen LogP contribution in [0.3, 0.4) is 0 Å². The fraction of sp³-hybridized carbons (Fsp3) is 0.286. The zero-order valence-corrected chi connectivity index (χ0v) is 7.21. The summed E-state index contributed by atoms with van der Waals surface area (Å²) in [4.78, 5) is 18.4. The van der Waals surface area contributed by atoms with Gasteiger partial charge in [-0.3, -0.25) is 0 Å². The van der Waals surface area contributed by atoms with E-state index in [1.807, 2.05) is 0 Å². The molecule has 12 heavy (non-hydrogen) atoms. The van der Waals surface area contributed by atoms with Crippen LogP contribution in [-0.4, -0.2) is 22.5 Å². The zero-order valence-electron chi connectivity index (χ0n) is 6.45. The van der Waals surface area contributed by atoms with Gasteiger partial charge in [0.15, 0.2) is 5.69 Å². The monoisotopic (exact) mass is 186 g/mol. The van der Waals surface area contributed by atoms with E-state index in [1.54, 1.807) is 6.92 Å². The van der Waals surface area contributed by atoms with E-state index in [2.05, 4.69) is 9.97 Å². The van der Waals surface area contributed by atoms with Crippen LogP contribution in [-0.2, 0) is 4.74 Å². The summed E-state index contributed by atoms with van der Waals surface area (Å²) in [5.74, 6) is -0.523. The number of hydrogen-bond acceptors (Lipinski definition) is 4. The fourth-order valence-corrected chi connectivity index (χ4v) is 0.845. The topological polar surface area (TPSA) is 52.1 Å². The first-order chi connectivity index (χ1) is 5.75. The minimum Gasteiger partial charge on any atom is -0.461 e. The molecule has 0 saturated carbocycles. The second kappa shape index (κ2) is 4.01. The molecule has 0 saturated heterocycles. The van der Waals surface area contributed by atoms with Gasteiger partial charge in [0.05, 0.1) is 11.6 Å². The number of halogens is 1. The Balaban J connectivity index is 2.87. The van der Waals surface area contributed by atoms with Crippen LogP contribution in [0.25, 0.3) is 0 Å². The van der Waals surface area contributed by atoms with E-state index < -0.39 is 5.97 Å². The summed E-state index contributed by atoms with van der Waals surface area (Å²) in [6.45, 7) is 2.02. The summed E-state index contributed by atoms with van der Waals surface area (Å²) in [5, 5.41) is 0.205. The molecule has 0 N–H and O–H groups in total. The molecule has 64 valence electrons. The second-order valence-electron chi connectivity index (χ2n) is 1.94. The summed E-state index contributed by atoms with van der Waals surface area (Å²) in [5.41, 5.74) is 0.105. The molecule has 0 spiro atoms. The third-order valence-corrected chi connectivity index (χ3v) is 1.41. The lowest BCUT2D eigenvalue weighted by Crippen LogP contribution is -2.07. The molecule has 0 aliphatic carbocycles. The average molecular weight is 187 g/mol. The van der Waals surface area contributed by atoms with Crippen LogP contribution >= 0.6 is 11.6 Å². The Morgan fingerprint density at radius 3 is 3.08 bits per heavy atom. The lowest BCUT2D eigenvalue weighted by atomic mass is 10.4. The lowest BCUT2D eigenvalue weighted by Gasteiger charge is -2.00. The highest BCUT2D eigenvalue weighted by molar-refractivity contribution is 6.33. The highest BCUT2D eigenvalue weighted by Crippen LogP contribution is 2.11. The van der Waals surface area contributed by atoms with Crippen molar-refractivity contribution < 1.29 is 9.53 Å². The van der Waals surface area contributed by atoms with Crippen molar-refractivity contribution in [1.29, 1.82) is 0 Å². The van der Waals surface area contributed by atoms with E-state index in [4.69, 9.17) is 16.3 Å². The maximum Gasteiger partial charge on any atom is 0.358 e. The van der Waals surface area contributed by atoms with Crippen molar-refractivity contribution in [2.45, 2.75) is 6.92 Å². The molecule has 0 bridgehead atoms. The Bertz CT molecular complexity index is 290. The van der Waals surface area contributed by atoms with Crippen LogP contribution in [0.15, 0.2) is 12.5 Å². The summed E-state index contributed by atoms with van der Waals surface area (Å²) in [7, 11) is 0. The van der Waals surface area contributed by atoms with E-state index in [1.165, 1.54) is 12.5 Å². The highest BCUT2D eigenvalue weighted by atomic mass is 35.5. The third-order valence-electron chi connectivity index (χ3n) is 1.14. The van der Waals surface area contributed by atoms with Crippen molar-refractivity contribution in [3.05, 3.63) is 23.2 Å². The molecule has 0 atom stereocenters. The van der Waals surface area contributed by atoms with Crippen LogP contribution < -0.4 is 0 Å². The molecule has 4 nitrogen and oxygen atoms in total. The number of carbonyl (C=O) groups is 1. The molecule has 0 unspecified atom stereocenters. The van der Waals surface area contributed by atoms with Crippen LogP contribution in [0.1, 0.15) is 17.4 Å². The lowest BCUT2D eigenvalue weighted by molar-refractivity contribution is 0.0519. The molecule has 1 rings (SSSR count). The normalized spacial score (nSPS) is 9.50. The average Bonchev–Trinajstić information content (AvgIpc) is 2.05. The van der Waals surface area contributed by atoms with Crippen molar-refractivity contribution >= 4 is 17.6 Å². The highest BCUT2D eigenvalue weighted by Gasteiger charge is 2.11. The van der Waals surface area contributed by atoms with E-state index in [0.29, 0.717) is 6.61 Å². The van der Waals surface area contributed by atoms with Gasteiger partial charge in [0.25, 0.3) is 0 Å². The number of aromatic nitrogens is 2. The molecule has 0 radical (unpaired) electrons. The molecule has 5 heteroatoms. The number of rotatable bonds is 2. The number of esters is 1. The molecule has 1 heterocycles. The smallest absolute Gasteiger partial charge is 0.358 e. The quantitative estimate of drug-likeness (QED) is 0.654.